The van der Waals surface area contributed by atoms with Gasteiger partial charge in [-0.1, -0.05) is 34.8 Å². The molecule has 0 unspecified atom stereocenters. The van der Waals surface area contributed by atoms with Crippen molar-refractivity contribution in [2.75, 3.05) is 0 Å². The molecule has 0 aliphatic heterocycles. The lowest BCUT2D eigenvalue weighted by Crippen LogP contribution is -2.37. The molecule has 9 heteroatoms. The van der Waals surface area contributed by atoms with Gasteiger partial charge in [-0.15, -0.1) is 0 Å². The molecule has 0 radical (unpaired) electrons. The number of nitrogens with one attached hydrogen (secondary N) is 1. The normalized spacial score (nSPS) is 11.3. The molecule has 2 aromatic rings. The summed E-state index contributed by atoms with van der Waals surface area (Å²) in [6.07, 6.45) is 0. The van der Waals surface area contributed by atoms with Crippen LogP contribution >= 0.6 is 34.8 Å². The Balaban J connectivity index is 2.00. The Labute approximate surface area is 146 Å². The summed E-state index contributed by atoms with van der Waals surface area (Å²) < 4.78 is 1.35. The lowest BCUT2D eigenvalue weighted by molar-refractivity contribution is -0.118. The van der Waals surface area contributed by atoms with Gasteiger partial charge in [-0.25, -0.2) is 0 Å². The van der Waals surface area contributed by atoms with E-state index in [2.05, 4.69) is 10.3 Å². The minimum atomic E-state index is -0.612. The van der Waals surface area contributed by atoms with Crippen LogP contribution in [0.25, 0.3) is 0 Å². The molecule has 120 valence electrons. The molecule has 0 spiro atoms. The number of rotatable bonds is 3. The summed E-state index contributed by atoms with van der Waals surface area (Å²) in [7, 11) is 0. The summed E-state index contributed by atoms with van der Waals surface area (Å²) >= 11 is 17.5. The molecule has 1 heterocycles. The maximum Gasteiger partial charge on any atom is 0.268 e. The largest absolute Gasteiger partial charge is 0.369 e. The molecule has 2 rings (SSSR count). The van der Waals surface area contributed by atoms with Crippen molar-refractivity contribution in [1.82, 2.24) is 9.88 Å². The van der Waals surface area contributed by atoms with Crippen molar-refractivity contribution in [3.05, 3.63) is 57.3 Å². The molecule has 0 saturated heterocycles. The van der Waals surface area contributed by atoms with E-state index in [9.17, 15) is 9.59 Å². The summed E-state index contributed by atoms with van der Waals surface area (Å²) in [6, 6.07) is 9.26. The number of halogens is 3. The summed E-state index contributed by atoms with van der Waals surface area (Å²) in [4.78, 5) is 27.3. The first-order valence-corrected chi connectivity index (χ1v) is 7.44. The molecule has 0 aliphatic carbocycles. The number of amides is 2. The molecule has 3 N–H and O–H groups in total. The number of nitrogens with zero attached hydrogens (tertiary/aromatic N) is 2. The van der Waals surface area contributed by atoms with Crippen LogP contribution in [0.3, 0.4) is 0 Å². The van der Waals surface area contributed by atoms with Crippen molar-refractivity contribution in [3.8, 4) is 0 Å². The number of carbonyl (C=O) groups excluding carboxylic acids is 2. The Morgan fingerprint density at radius 2 is 1.61 bits per heavy atom. The van der Waals surface area contributed by atoms with Gasteiger partial charge in [0.05, 0.1) is 0 Å². The Hall–Kier alpha value is -2.02. The number of nitrogens with two attached hydrogens (primary N) is 1. The third kappa shape index (κ3) is 4.72. The van der Waals surface area contributed by atoms with Gasteiger partial charge >= 0.3 is 0 Å². The van der Waals surface area contributed by atoms with Crippen molar-refractivity contribution >= 4 is 52.6 Å². The Morgan fingerprint density at radius 3 is 2.17 bits per heavy atom. The highest BCUT2D eigenvalue weighted by molar-refractivity contribution is 6.33. The van der Waals surface area contributed by atoms with Crippen LogP contribution in [0.2, 0.25) is 15.3 Å². The van der Waals surface area contributed by atoms with Crippen molar-refractivity contribution in [3.63, 3.8) is 0 Å². The summed E-state index contributed by atoms with van der Waals surface area (Å²) in [5.74, 6) is -1.44. The molecule has 6 nitrogen and oxygen atoms in total. The zero-order valence-electron chi connectivity index (χ0n) is 11.6. The Bertz CT molecular complexity index is 749. The van der Waals surface area contributed by atoms with Crippen LogP contribution < -0.4 is 11.1 Å². The highest BCUT2D eigenvalue weighted by Gasteiger charge is 2.11. The number of hydrogen-bond acceptors (Lipinski definition) is 2. The van der Waals surface area contributed by atoms with E-state index >= 15 is 0 Å². The van der Waals surface area contributed by atoms with Crippen LogP contribution in [0.5, 0.6) is 0 Å². The molecule has 0 bridgehead atoms. The smallest absolute Gasteiger partial charge is 0.268 e. The second kappa shape index (κ2) is 7.50. The quantitative estimate of drug-likeness (QED) is 0.640. The number of carbonyl (C=O) groups is 2. The zero-order valence-corrected chi connectivity index (χ0v) is 13.9. The van der Waals surface area contributed by atoms with Gasteiger partial charge < -0.3 is 10.3 Å². The predicted molar refractivity (Wildman–Crippen MR) is 90.0 cm³/mol. The molecule has 1 aromatic carbocycles. The van der Waals surface area contributed by atoms with E-state index in [1.54, 1.807) is 24.3 Å². The van der Waals surface area contributed by atoms with Gasteiger partial charge in [0.25, 0.3) is 11.8 Å². The number of benzene rings is 1. The van der Waals surface area contributed by atoms with Crippen molar-refractivity contribution < 1.29 is 9.59 Å². The van der Waals surface area contributed by atoms with E-state index in [-0.39, 0.29) is 12.5 Å². The minimum Gasteiger partial charge on any atom is -0.369 e. The van der Waals surface area contributed by atoms with Gasteiger partial charge in [0.15, 0.2) is 0 Å². The maximum atomic E-state index is 11.9. The van der Waals surface area contributed by atoms with Gasteiger partial charge in [-0.2, -0.15) is 4.99 Å². The number of hydrogen-bond donors (Lipinski definition) is 2. The average molecular weight is 374 g/mol. The van der Waals surface area contributed by atoms with Crippen molar-refractivity contribution in [2.24, 2.45) is 10.7 Å². The van der Waals surface area contributed by atoms with Crippen LogP contribution in [0.4, 0.5) is 0 Å². The van der Waals surface area contributed by atoms with Gasteiger partial charge in [0.2, 0.25) is 5.96 Å². The van der Waals surface area contributed by atoms with Gasteiger partial charge in [-0.3, -0.25) is 14.9 Å². The van der Waals surface area contributed by atoms with Crippen molar-refractivity contribution in [1.29, 1.82) is 0 Å². The highest BCUT2D eigenvalue weighted by atomic mass is 35.5. The molecule has 0 aliphatic rings. The second-order valence-electron chi connectivity index (χ2n) is 4.42. The SMILES string of the molecule is N/C(=N\C(=O)Cn1c(Cl)ccc1Cl)NC(=O)c1ccc(Cl)cc1. The molecule has 0 atom stereocenters. The van der Waals surface area contributed by atoms with Crippen LogP contribution in [-0.4, -0.2) is 22.3 Å². The minimum absolute atomic E-state index is 0.192. The van der Waals surface area contributed by atoms with E-state index in [1.165, 1.54) is 16.7 Å². The molecule has 2 amide bonds. The summed E-state index contributed by atoms with van der Waals surface area (Å²) in [5.41, 5.74) is 5.87. The third-order valence-electron chi connectivity index (χ3n) is 2.76. The van der Waals surface area contributed by atoms with Crippen LogP contribution in [0.15, 0.2) is 41.4 Å². The number of aliphatic imine (C=N–C) groups is 1. The Morgan fingerprint density at radius 1 is 1.04 bits per heavy atom. The van der Waals surface area contributed by atoms with E-state index in [0.29, 0.717) is 20.9 Å². The van der Waals surface area contributed by atoms with Gasteiger partial charge in [-0.05, 0) is 36.4 Å². The van der Waals surface area contributed by atoms with E-state index in [1.807, 2.05) is 0 Å². The van der Waals surface area contributed by atoms with Gasteiger partial charge in [0.1, 0.15) is 16.9 Å². The highest BCUT2D eigenvalue weighted by Crippen LogP contribution is 2.19. The van der Waals surface area contributed by atoms with E-state index in [0.717, 1.165) is 0 Å². The lowest BCUT2D eigenvalue weighted by Gasteiger charge is -2.06. The van der Waals surface area contributed by atoms with Crippen molar-refractivity contribution in [2.45, 2.75) is 6.54 Å². The first-order chi connectivity index (χ1) is 10.9. The molecular weight excluding hydrogens is 363 g/mol. The fraction of sp³-hybridized carbons (Fsp3) is 0.0714. The van der Waals surface area contributed by atoms with Gasteiger partial charge in [0, 0.05) is 10.6 Å². The number of aromatic nitrogens is 1. The van der Waals surface area contributed by atoms with Crippen LogP contribution in [0.1, 0.15) is 10.4 Å². The third-order valence-corrected chi connectivity index (χ3v) is 3.67. The molecule has 23 heavy (non-hydrogen) atoms. The molecule has 1 aromatic heterocycles. The number of guanidine groups is 1. The molecular formula is C14H11Cl3N4O2. The topological polar surface area (TPSA) is 89.5 Å². The Kier molecular flexibility index (Phi) is 5.65. The second-order valence-corrected chi connectivity index (χ2v) is 5.63. The predicted octanol–water partition coefficient (Wildman–Crippen LogP) is 2.72. The van der Waals surface area contributed by atoms with E-state index in [4.69, 9.17) is 40.5 Å². The summed E-state index contributed by atoms with van der Waals surface area (Å²) in [6.45, 7) is -0.192. The maximum absolute atomic E-state index is 11.9. The standard InChI is InChI=1S/C14H11Cl3N4O2/c15-9-3-1-8(2-4-9)13(23)20-14(18)19-12(22)7-21-10(16)5-6-11(21)17/h1-6H,7H2,(H3,18,19,20,22,23). The molecule has 0 fully saturated rings. The van der Waals surface area contributed by atoms with Crippen LogP contribution in [-0.2, 0) is 11.3 Å². The first kappa shape index (κ1) is 17.3. The van der Waals surface area contributed by atoms with Crippen LogP contribution in [0, 0.1) is 0 Å². The fourth-order valence-corrected chi connectivity index (χ4v) is 2.29. The van der Waals surface area contributed by atoms with E-state index < -0.39 is 11.8 Å². The monoisotopic (exact) mass is 372 g/mol. The summed E-state index contributed by atoms with van der Waals surface area (Å²) in [5, 5.41) is 3.39. The fourth-order valence-electron chi connectivity index (χ4n) is 1.69. The lowest BCUT2D eigenvalue weighted by atomic mass is 10.2. The zero-order chi connectivity index (χ0) is 17.0. The average Bonchev–Trinajstić information content (AvgIpc) is 2.79. The first-order valence-electron chi connectivity index (χ1n) is 6.31. The molecule has 0 saturated carbocycles.